The molecule has 0 bridgehead atoms. The van der Waals surface area contributed by atoms with Crippen LogP contribution in [0.5, 0.6) is 5.75 Å². The van der Waals surface area contributed by atoms with Crippen LogP contribution in [0.25, 0.3) is 0 Å². The predicted molar refractivity (Wildman–Crippen MR) is 98.4 cm³/mol. The fourth-order valence-corrected chi connectivity index (χ4v) is 2.73. The number of amides is 1. The van der Waals surface area contributed by atoms with E-state index in [9.17, 15) is 4.79 Å². The minimum Gasteiger partial charge on any atom is -0.483 e. The van der Waals surface area contributed by atoms with Crippen LogP contribution in [0.2, 0.25) is 0 Å². The SMILES string of the molecule is CCC(NC(=O)COc1cc(C)ccc1C(C)C)c1ccccc1. The number of hydrogen-bond acceptors (Lipinski definition) is 2. The van der Waals surface area contributed by atoms with Crippen molar-refractivity contribution < 1.29 is 9.53 Å². The molecule has 0 fully saturated rings. The van der Waals surface area contributed by atoms with E-state index in [1.54, 1.807) is 0 Å². The van der Waals surface area contributed by atoms with Crippen LogP contribution in [0.15, 0.2) is 48.5 Å². The first-order valence-electron chi connectivity index (χ1n) is 8.59. The zero-order valence-corrected chi connectivity index (χ0v) is 15.0. The highest BCUT2D eigenvalue weighted by atomic mass is 16.5. The fraction of sp³-hybridized carbons (Fsp3) is 0.381. The second-order valence-corrected chi connectivity index (χ2v) is 6.42. The minimum absolute atomic E-state index is 0.0179. The number of rotatable bonds is 7. The average molecular weight is 325 g/mol. The Bertz CT molecular complexity index is 665. The van der Waals surface area contributed by atoms with Crippen LogP contribution >= 0.6 is 0 Å². The Morgan fingerprint density at radius 3 is 2.46 bits per heavy atom. The van der Waals surface area contributed by atoms with Gasteiger partial charge in [0.05, 0.1) is 6.04 Å². The smallest absolute Gasteiger partial charge is 0.258 e. The molecule has 0 heterocycles. The number of ether oxygens (including phenoxy) is 1. The minimum atomic E-state index is -0.0954. The predicted octanol–water partition coefficient (Wildman–Crippen LogP) is 4.76. The lowest BCUT2D eigenvalue weighted by Crippen LogP contribution is -2.32. The second-order valence-electron chi connectivity index (χ2n) is 6.42. The lowest BCUT2D eigenvalue weighted by atomic mass is 10.0. The number of nitrogens with one attached hydrogen (secondary N) is 1. The second kappa shape index (κ2) is 8.53. The highest BCUT2D eigenvalue weighted by Gasteiger charge is 2.14. The first-order valence-corrected chi connectivity index (χ1v) is 8.59. The highest BCUT2D eigenvalue weighted by Crippen LogP contribution is 2.27. The number of benzene rings is 2. The first-order chi connectivity index (χ1) is 11.5. The molecule has 0 spiro atoms. The van der Waals surface area contributed by atoms with Crippen LogP contribution in [-0.2, 0) is 4.79 Å². The summed E-state index contributed by atoms with van der Waals surface area (Å²) >= 11 is 0. The van der Waals surface area contributed by atoms with Crippen LogP contribution in [0.4, 0.5) is 0 Å². The lowest BCUT2D eigenvalue weighted by molar-refractivity contribution is -0.123. The maximum atomic E-state index is 12.3. The largest absolute Gasteiger partial charge is 0.483 e. The van der Waals surface area contributed by atoms with Crippen molar-refractivity contribution in [1.29, 1.82) is 0 Å². The quantitative estimate of drug-likeness (QED) is 0.796. The normalized spacial score (nSPS) is 12.0. The van der Waals surface area contributed by atoms with Gasteiger partial charge >= 0.3 is 0 Å². The first kappa shape index (κ1) is 18.1. The van der Waals surface area contributed by atoms with Crippen molar-refractivity contribution >= 4 is 5.91 Å². The molecule has 2 aromatic rings. The zero-order chi connectivity index (χ0) is 17.5. The molecule has 1 atom stereocenters. The third kappa shape index (κ3) is 4.85. The summed E-state index contributed by atoms with van der Waals surface area (Å²) in [5.74, 6) is 1.06. The van der Waals surface area contributed by atoms with E-state index in [1.165, 1.54) is 0 Å². The molecule has 128 valence electrons. The summed E-state index contributed by atoms with van der Waals surface area (Å²) in [6, 6.07) is 16.2. The van der Waals surface area contributed by atoms with Gasteiger partial charge in [-0.25, -0.2) is 0 Å². The highest BCUT2D eigenvalue weighted by molar-refractivity contribution is 5.78. The van der Waals surface area contributed by atoms with E-state index in [4.69, 9.17) is 4.74 Å². The molecule has 0 saturated carbocycles. The van der Waals surface area contributed by atoms with Gasteiger partial charge in [0, 0.05) is 0 Å². The van der Waals surface area contributed by atoms with E-state index < -0.39 is 0 Å². The van der Waals surface area contributed by atoms with Crippen LogP contribution in [0, 0.1) is 6.92 Å². The molecule has 1 N–H and O–H groups in total. The van der Waals surface area contributed by atoms with E-state index >= 15 is 0 Å². The van der Waals surface area contributed by atoms with Crippen molar-refractivity contribution in [3.05, 3.63) is 65.2 Å². The Kier molecular flexibility index (Phi) is 6.42. The van der Waals surface area contributed by atoms with Crippen molar-refractivity contribution in [1.82, 2.24) is 5.32 Å². The number of hydrogen-bond donors (Lipinski definition) is 1. The number of carbonyl (C=O) groups is 1. The van der Waals surface area contributed by atoms with Crippen molar-refractivity contribution in [2.24, 2.45) is 0 Å². The molecule has 0 aliphatic carbocycles. The molecule has 24 heavy (non-hydrogen) atoms. The number of carbonyl (C=O) groups excluding carboxylic acids is 1. The maximum absolute atomic E-state index is 12.3. The van der Waals surface area contributed by atoms with Gasteiger partial charge < -0.3 is 10.1 Å². The van der Waals surface area contributed by atoms with Crippen LogP contribution in [0.1, 0.15) is 55.8 Å². The van der Waals surface area contributed by atoms with E-state index in [0.717, 1.165) is 28.9 Å². The van der Waals surface area contributed by atoms with E-state index in [0.29, 0.717) is 5.92 Å². The average Bonchev–Trinajstić information content (AvgIpc) is 2.58. The summed E-state index contributed by atoms with van der Waals surface area (Å²) < 4.78 is 5.81. The van der Waals surface area contributed by atoms with Crippen LogP contribution in [-0.4, -0.2) is 12.5 Å². The Hall–Kier alpha value is -2.29. The molecule has 1 amide bonds. The molecule has 0 aromatic heterocycles. The van der Waals surface area contributed by atoms with Gasteiger partial charge in [0.1, 0.15) is 5.75 Å². The molecule has 0 saturated heterocycles. The summed E-state index contributed by atoms with van der Waals surface area (Å²) in [6.07, 6.45) is 0.845. The molecular weight excluding hydrogens is 298 g/mol. The molecular formula is C21H27NO2. The number of aryl methyl sites for hydroxylation is 1. The van der Waals surface area contributed by atoms with Crippen molar-refractivity contribution in [2.75, 3.05) is 6.61 Å². The molecule has 0 radical (unpaired) electrons. The molecule has 0 aliphatic rings. The van der Waals surface area contributed by atoms with Crippen molar-refractivity contribution in [2.45, 2.75) is 46.1 Å². The van der Waals surface area contributed by atoms with Gasteiger partial charge in [-0.2, -0.15) is 0 Å². The van der Waals surface area contributed by atoms with Gasteiger partial charge in [0.2, 0.25) is 0 Å². The van der Waals surface area contributed by atoms with Crippen molar-refractivity contribution in [3.8, 4) is 5.75 Å². The van der Waals surface area contributed by atoms with Gasteiger partial charge in [-0.15, -0.1) is 0 Å². The van der Waals surface area contributed by atoms with Crippen LogP contribution in [0.3, 0.4) is 0 Å². The fourth-order valence-electron chi connectivity index (χ4n) is 2.73. The van der Waals surface area contributed by atoms with Gasteiger partial charge in [-0.3, -0.25) is 4.79 Å². The molecule has 1 unspecified atom stereocenters. The maximum Gasteiger partial charge on any atom is 0.258 e. The topological polar surface area (TPSA) is 38.3 Å². The van der Waals surface area contributed by atoms with Gasteiger partial charge in [-0.05, 0) is 42.0 Å². The van der Waals surface area contributed by atoms with E-state index in [1.807, 2.05) is 43.3 Å². The van der Waals surface area contributed by atoms with E-state index in [-0.39, 0.29) is 18.6 Å². The summed E-state index contributed by atoms with van der Waals surface area (Å²) in [5, 5.41) is 3.05. The summed E-state index contributed by atoms with van der Waals surface area (Å²) in [7, 11) is 0. The Morgan fingerprint density at radius 1 is 1.12 bits per heavy atom. The van der Waals surface area contributed by atoms with Gasteiger partial charge in [0.25, 0.3) is 5.91 Å². The summed E-state index contributed by atoms with van der Waals surface area (Å²) in [5.41, 5.74) is 3.38. The Morgan fingerprint density at radius 2 is 1.83 bits per heavy atom. The summed E-state index contributed by atoms with van der Waals surface area (Å²) in [4.78, 5) is 12.3. The summed E-state index contributed by atoms with van der Waals surface area (Å²) in [6.45, 7) is 8.38. The Balaban J connectivity index is 1.99. The molecule has 3 nitrogen and oxygen atoms in total. The Labute approximate surface area is 145 Å². The zero-order valence-electron chi connectivity index (χ0n) is 15.0. The monoisotopic (exact) mass is 325 g/mol. The standard InChI is InChI=1S/C21H27NO2/c1-5-19(17-9-7-6-8-10-17)22-21(23)14-24-20-13-16(4)11-12-18(20)15(2)3/h6-13,15,19H,5,14H2,1-4H3,(H,22,23). The van der Waals surface area contributed by atoms with Gasteiger partial charge in [0.15, 0.2) is 6.61 Å². The van der Waals surface area contributed by atoms with E-state index in [2.05, 4.69) is 38.2 Å². The molecule has 2 aromatic carbocycles. The van der Waals surface area contributed by atoms with Crippen molar-refractivity contribution in [3.63, 3.8) is 0 Å². The lowest BCUT2D eigenvalue weighted by Gasteiger charge is -2.19. The molecule has 0 aliphatic heterocycles. The van der Waals surface area contributed by atoms with Gasteiger partial charge in [-0.1, -0.05) is 63.2 Å². The molecule has 2 rings (SSSR count). The molecule has 3 heteroatoms. The third-order valence-electron chi connectivity index (χ3n) is 4.10. The van der Waals surface area contributed by atoms with Crippen LogP contribution < -0.4 is 10.1 Å². The third-order valence-corrected chi connectivity index (χ3v) is 4.10.